The summed E-state index contributed by atoms with van der Waals surface area (Å²) in [5.41, 5.74) is 2.18. The van der Waals surface area contributed by atoms with Crippen molar-refractivity contribution in [1.82, 2.24) is 9.97 Å². The van der Waals surface area contributed by atoms with Crippen molar-refractivity contribution in [3.8, 4) is 5.75 Å². The molecule has 0 fully saturated rings. The fraction of sp³-hybridized carbons (Fsp3) is 0.0952. The lowest BCUT2D eigenvalue weighted by molar-refractivity contribution is 0.0984. The highest BCUT2D eigenvalue weighted by Crippen LogP contribution is 2.32. The van der Waals surface area contributed by atoms with Crippen molar-refractivity contribution in [2.24, 2.45) is 0 Å². The van der Waals surface area contributed by atoms with Gasteiger partial charge in [0.15, 0.2) is 5.13 Å². The average molecular weight is 454 g/mol. The molecule has 2 aromatic heterocycles. The fourth-order valence-electron chi connectivity index (χ4n) is 2.79. The number of aromatic nitrogens is 2. The van der Waals surface area contributed by atoms with Crippen LogP contribution in [0.4, 0.5) is 5.13 Å². The van der Waals surface area contributed by atoms with Crippen LogP contribution in [0.3, 0.4) is 0 Å². The van der Waals surface area contributed by atoms with E-state index in [0.29, 0.717) is 23.0 Å². The van der Waals surface area contributed by atoms with Gasteiger partial charge >= 0.3 is 0 Å². The van der Waals surface area contributed by atoms with Gasteiger partial charge in [0.1, 0.15) is 5.75 Å². The van der Waals surface area contributed by atoms with Crippen molar-refractivity contribution in [3.63, 3.8) is 0 Å². The van der Waals surface area contributed by atoms with E-state index in [4.69, 9.17) is 4.74 Å². The van der Waals surface area contributed by atoms with Crippen LogP contribution in [-0.4, -0.2) is 23.0 Å². The number of thiazole rings is 1. The summed E-state index contributed by atoms with van der Waals surface area (Å²) in [5.74, 6) is 0.486. The number of hydrogen-bond donors (Lipinski definition) is 0. The van der Waals surface area contributed by atoms with Crippen LogP contribution < -0.4 is 9.64 Å². The van der Waals surface area contributed by atoms with E-state index in [0.717, 1.165) is 20.4 Å². The highest BCUT2D eigenvalue weighted by molar-refractivity contribution is 9.10. The molecule has 0 atom stereocenters. The van der Waals surface area contributed by atoms with Gasteiger partial charge in [-0.15, -0.1) is 0 Å². The van der Waals surface area contributed by atoms with E-state index >= 15 is 0 Å². The number of hydrogen-bond acceptors (Lipinski definition) is 5. The Labute approximate surface area is 174 Å². The minimum absolute atomic E-state index is 0.150. The maximum absolute atomic E-state index is 13.4. The molecule has 0 radical (unpaired) electrons. The van der Waals surface area contributed by atoms with Crippen molar-refractivity contribution in [2.45, 2.75) is 6.54 Å². The lowest BCUT2D eigenvalue weighted by Crippen LogP contribution is -2.30. The first-order valence-corrected chi connectivity index (χ1v) is 10.2. The SMILES string of the molecule is COc1cccc(C(=O)N(Cc2ccccn2)c2nc3ccc(Br)cc3s2)c1. The molecule has 4 aromatic rings. The number of ether oxygens (including phenoxy) is 1. The Hall–Kier alpha value is -2.77. The van der Waals surface area contributed by atoms with E-state index in [9.17, 15) is 4.79 Å². The molecule has 7 heteroatoms. The largest absolute Gasteiger partial charge is 0.497 e. The van der Waals surface area contributed by atoms with E-state index in [1.807, 2.05) is 42.5 Å². The average Bonchev–Trinajstić information content (AvgIpc) is 3.15. The molecule has 28 heavy (non-hydrogen) atoms. The van der Waals surface area contributed by atoms with Gasteiger partial charge < -0.3 is 4.74 Å². The summed E-state index contributed by atoms with van der Waals surface area (Å²) < 4.78 is 7.25. The van der Waals surface area contributed by atoms with E-state index in [-0.39, 0.29) is 5.91 Å². The first-order valence-electron chi connectivity index (χ1n) is 8.56. The van der Waals surface area contributed by atoms with Gasteiger partial charge in [-0.25, -0.2) is 4.98 Å². The van der Waals surface area contributed by atoms with Crippen LogP contribution in [0.1, 0.15) is 16.1 Å². The van der Waals surface area contributed by atoms with Crippen LogP contribution in [0.25, 0.3) is 10.2 Å². The molecular weight excluding hydrogens is 438 g/mol. The van der Waals surface area contributed by atoms with Crippen LogP contribution in [0.15, 0.2) is 71.3 Å². The number of carbonyl (C=O) groups is 1. The number of anilines is 1. The predicted molar refractivity (Wildman–Crippen MR) is 115 cm³/mol. The molecule has 2 aromatic carbocycles. The second-order valence-corrected chi connectivity index (χ2v) is 7.98. The molecule has 1 amide bonds. The monoisotopic (exact) mass is 453 g/mol. The molecule has 140 valence electrons. The lowest BCUT2D eigenvalue weighted by atomic mass is 10.2. The van der Waals surface area contributed by atoms with Crippen molar-refractivity contribution in [1.29, 1.82) is 0 Å². The zero-order valence-electron chi connectivity index (χ0n) is 15.0. The third-order valence-electron chi connectivity index (χ3n) is 4.18. The van der Waals surface area contributed by atoms with E-state index in [1.165, 1.54) is 11.3 Å². The maximum Gasteiger partial charge on any atom is 0.260 e. The standard InChI is InChI=1S/C21H16BrN3O2S/c1-27-17-7-4-5-14(11-17)20(26)25(13-16-6-2-3-10-23-16)21-24-18-9-8-15(22)12-19(18)28-21/h2-12H,13H2,1H3. The molecular formula is C21H16BrN3O2S. The fourth-order valence-corrected chi connectivity index (χ4v) is 4.31. The third kappa shape index (κ3) is 3.90. The molecule has 2 heterocycles. The number of pyridine rings is 1. The first-order chi connectivity index (χ1) is 13.6. The van der Waals surface area contributed by atoms with Crippen molar-refractivity contribution >= 4 is 48.5 Å². The molecule has 0 saturated carbocycles. The Morgan fingerprint density at radius 2 is 2.04 bits per heavy atom. The molecule has 0 N–H and O–H groups in total. The Morgan fingerprint density at radius 1 is 1.14 bits per heavy atom. The minimum atomic E-state index is -0.150. The van der Waals surface area contributed by atoms with Gasteiger partial charge in [0.05, 0.1) is 29.6 Å². The number of benzene rings is 2. The number of halogens is 1. The molecule has 0 aliphatic rings. The predicted octanol–water partition coefficient (Wildman–Crippen LogP) is 5.31. The number of carbonyl (C=O) groups excluding carboxylic acids is 1. The number of methoxy groups -OCH3 is 1. The topological polar surface area (TPSA) is 55.3 Å². The summed E-state index contributed by atoms with van der Waals surface area (Å²) in [4.78, 5) is 24.1. The number of nitrogens with zero attached hydrogens (tertiary/aromatic N) is 3. The minimum Gasteiger partial charge on any atom is -0.497 e. The lowest BCUT2D eigenvalue weighted by Gasteiger charge is -2.20. The summed E-state index contributed by atoms with van der Waals surface area (Å²) in [5, 5.41) is 0.631. The van der Waals surface area contributed by atoms with Crippen molar-refractivity contribution in [3.05, 3.63) is 82.6 Å². The number of rotatable bonds is 5. The molecule has 0 spiro atoms. The van der Waals surface area contributed by atoms with E-state index in [1.54, 1.807) is 36.4 Å². The summed E-state index contributed by atoms with van der Waals surface area (Å²) in [6.45, 7) is 0.331. The van der Waals surface area contributed by atoms with Crippen LogP contribution in [0, 0.1) is 0 Å². The van der Waals surface area contributed by atoms with E-state index < -0.39 is 0 Å². The van der Waals surface area contributed by atoms with Crippen molar-refractivity contribution < 1.29 is 9.53 Å². The second kappa shape index (κ2) is 8.08. The van der Waals surface area contributed by atoms with Crippen LogP contribution in [-0.2, 0) is 6.54 Å². The van der Waals surface area contributed by atoms with Gasteiger partial charge in [-0.2, -0.15) is 0 Å². The van der Waals surface area contributed by atoms with Crippen LogP contribution in [0.2, 0.25) is 0 Å². The maximum atomic E-state index is 13.4. The molecule has 0 aliphatic carbocycles. The zero-order chi connectivity index (χ0) is 19.5. The molecule has 0 saturated heterocycles. The van der Waals surface area contributed by atoms with Gasteiger partial charge in [0.2, 0.25) is 0 Å². The highest BCUT2D eigenvalue weighted by atomic mass is 79.9. The number of fused-ring (bicyclic) bond motifs is 1. The Bertz CT molecular complexity index is 1130. The molecule has 4 rings (SSSR count). The molecule has 0 bridgehead atoms. The Morgan fingerprint density at radius 3 is 2.82 bits per heavy atom. The van der Waals surface area contributed by atoms with Gasteiger partial charge in [-0.3, -0.25) is 14.7 Å². The number of amides is 1. The van der Waals surface area contributed by atoms with Gasteiger partial charge in [-0.1, -0.05) is 39.4 Å². The van der Waals surface area contributed by atoms with Gasteiger partial charge in [-0.05, 0) is 48.5 Å². The van der Waals surface area contributed by atoms with Gasteiger partial charge in [0, 0.05) is 16.2 Å². The smallest absolute Gasteiger partial charge is 0.260 e. The Balaban J connectivity index is 1.77. The van der Waals surface area contributed by atoms with E-state index in [2.05, 4.69) is 25.9 Å². The normalized spacial score (nSPS) is 10.8. The molecule has 0 aliphatic heterocycles. The summed E-state index contributed by atoms with van der Waals surface area (Å²) in [6, 6.07) is 18.7. The van der Waals surface area contributed by atoms with Crippen LogP contribution >= 0.6 is 27.3 Å². The third-order valence-corrected chi connectivity index (χ3v) is 5.71. The second-order valence-electron chi connectivity index (χ2n) is 6.05. The summed E-state index contributed by atoms with van der Waals surface area (Å²) >= 11 is 4.97. The summed E-state index contributed by atoms with van der Waals surface area (Å²) in [6.07, 6.45) is 1.72. The quantitative estimate of drug-likeness (QED) is 0.410. The van der Waals surface area contributed by atoms with Gasteiger partial charge in [0.25, 0.3) is 5.91 Å². The molecule has 0 unspecified atom stereocenters. The van der Waals surface area contributed by atoms with Crippen LogP contribution in [0.5, 0.6) is 5.75 Å². The summed E-state index contributed by atoms with van der Waals surface area (Å²) in [7, 11) is 1.58. The first kappa shape index (κ1) is 18.6. The Kier molecular flexibility index (Phi) is 5.36. The van der Waals surface area contributed by atoms with Crippen molar-refractivity contribution in [2.75, 3.05) is 12.0 Å². The highest BCUT2D eigenvalue weighted by Gasteiger charge is 2.22. The zero-order valence-corrected chi connectivity index (χ0v) is 17.4. The molecule has 5 nitrogen and oxygen atoms in total.